The molecule has 0 aliphatic carbocycles. The second-order valence-electron chi connectivity index (χ2n) is 6.36. The van der Waals surface area contributed by atoms with E-state index in [1.54, 1.807) is 16.5 Å². The van der Waals surface area contributed by atoms with Crippen LogP contribution in [0.3, 0.4) is 0 Å². The molecule has 0 spiro atoms. The van der Waals surface area contributed by atoms with Gasteiger partial charge in [-0.15, -0.1) is 0 Å². The summed E-state index contributed by atoms with van der Waals surface area (Å²) in [6, 6.07) is 1.15. The van der Waals surface area contributed by atoms with Gasteiger partial charge in [-0.25, -0.2) is 0 Å². The van der Waals surface area contributed by atoms with Gasteiger partial charge < -0.3 is 15.1 Å². The number of carbonyl (C=O) groups excluding carboxylic acids is 3. The average Bonchev–Trinajstić information content (AvgIpc) is 3.17. The second-order valence-corrected chi connectivity index (χ2v) is 6.36. The first-order chi connectivity index (χ1) is 11.1. The monoisotopic (exact) mass is 317 g/mol. The molecule has 8 nitrogen and oxygen atoms in total. The van der Waals surface area contributed by atoms with Crippen molar-refractivity contribution >= 4 is 17.7 Å². The number of hydrogen-bond acceptors (Lipinski definition) is 4. The Kier molecular flexibility index (Phi) is 3.14. The first-order valence-corrected chi connectivity index (χ1v) is 8.04. The van der Waals surface area contributed by atoms with Gasteiger partial charge in [0.2, 0.25) is 5.91 Å². The van der Waals surface area contributed by atoms with Crippen LogP contribution in [0.2, 0.25) is 0 Å². The number of aromatic nitrogens is 2. The van der Waals surface area contributed by atoms with E-state index >= 15 is 0 Å². The fraction of sp³-hybridized carbons (Fsp3) is 0.600. The quantitative estimate of drug-likeness (QED) is 0.754. The number of fused-ring (bicyclic) bond motifs is 2. The topological polar surface area (TPSA) is 87.5 Å². The lowest BCUT2D eigenvalue weighted by atomic mass is 10.1. The highest BCUT2D eigenvalue weighted by molar-refractivity contribution is 6.00. The molecule has 122 valence electrons. The maximum Gasteiger partial charge on any atom is 0.275 e. The lowest BCUT2D eigenvalue weighted by Gasteiger charge is -2.41. The summed E-state index contributed by atoms with van der Waals surface area (Å²) in [5.41, 5.74) is 0.640. The van der Waals surface area contributed by atoms with Gasteiger partial charge in [-0.1, -0.05) is 0 Å². The van der Waals surface area contributed by atoms with E-state index in [0.29, 0.717) is 25.3 Å². The van der Waals surface area contributed by atoms with E-state index in [1.807, 2.05) is 4.90 Å². The molecule has 0 saturated carbocycles. The van der Waals surface area contributed by atoms with Gasteiger partial charge in [0.1, 0.15) is 11.7 Å². The van der Waals surface area contributed by atoms with E-state index in [4.69, 9.17) is 0 Å². The summed E-state index contributed by atoms with van der Waals surface area (Å²) in [5.74, 6) is -0.478. The first kappa shape index (κ1) is 14.2. The van der Waals surface area contributed by atoms with E-state index in [1.165, 1.54) is 6.07 Å². The Bertz CT molecular complexity index is 697. The molecule has 3 aliphatic heterocycles. The summed E-state index contributed by atoms with van der Waals surface area (Å²) in [6.45, 7) is 4.16. The fourth-order valence-corrected chi connectivity index (χ4v) is 3.72. The Hall–Kier alpha value is -2.38. The zero-order valence-electron chi connectivity index (χ0n) is 13.0. The number of piperazine rings is 1. The van der Waals surface area contributed by atoms with Crippen LogP contribution in [0.15, 0.2) is 6.07 Å². The van der Waals surface area contributed by atoms with E-state index < -0.39 is 6.04 Å². The Morgan fingerprint density at radius 2 is 2.17 bits per heavy atom. The van der Waals surface area contributed by atoms with Crippen LogP contribution in [0.5, 0.6) is 0 Å². The van der Waals surface area contributed by atoms with Crippen LogP contribution in [0.1, 0.15) is 40.7 Å². The van der Waals surface area contributed by atoms with Crippen molar-refractivity contribution in [1.29, 1.82) is 0 Å². The van der Waals surface area contributed by atoms with Crippen LogP contribution in [0, 0.1) is 0 Å². The van der Waals surface area contributed by atoms with Gasteiger partial charge in [0.25, 0.3) is 11.8 Å². The molecule has 1 N–H and O–H groups in total. The van der Waals surface area contributed by atoms with Crippen LogP contribution in [0.4, 0.5) is 0 Å². The van der Waals surface area contributed by atoms with Crippen LogP contribution >= 0.6 is 0 Å². The molecule has 3 aliphatic rings. The number of amides is 3. The minimum atomic E-state index is -0.482. The van der Waals surface area contributed by atoms with E-state index in [0.717, 1.165) is 19.4 Å². The van der Waals surface area contributed by atoms with Gasteiger partial charge >= 0.3 is 0 Å². The molecule has 0 bridgehead atoms. The maximum absolute atomic E-state index is 12.8. The average molecular weight is 317 g/mol. The van der Waals surface area contributed by atoms with Crippen molar-refractivity contribution in [3.63, 3.8) is 0 Å². The van der Waals surface area contributed by atoms with Crippen LogP contribution in [-0.4, -0.2) is 69.0 Å². The molecule has 1 aromatic heterocycles. The summed E-state index contributed by atoms with van der Waals surface area (Å²) in [4.78, 5) is 40.6. The largest absolute Gasteiger partial charge is 0.349 e. The minimum Gasteiger partial charge on any atom is -0.349 e. The van der Waals surface area contributed by atoms with Gasteiger partial charge in [0.15, 0.2) is 5.69 Å². The molecule has 0 aromatic carbocycles. The Morgan fingerprint density at radius 3 is 2.96 bits per heavy atom. The van der Waals surface area contributed by atoms with Gasteiger partial charge in [0.05, 0.1) is 6.54 Å². The third kappa shape index (κ3) is 2.12. The number of carbonyl (C=O) groups is 3. The van der Waals surface area contributed by atoms with Gasteiger partial charge in [-0.2, -0.15) is 5.10 Å². The summed E-state index contributed by atoms with van der Waals surface area (Å²) in [6.07, 6.45) is 1.93. The highest BCUT2D eigenvalue weighted by atomic mass is 16.2. The molecule has 23 heavy (non-hydrogen) atoms. The number of rotatable bonds is 1. The molecular weight excluding hydrogens is 298 g/mol. The normalized spacial score (nSPS) is 26.8. The van der Waals surface area contributed by atoms with Crippen LogP contribution < -0.4 is 5.32 Å². The smallest absolute Gasteiger partial charge is 0.275 e. The second kappa shape index (κ2) is 5.07. The molecule has 8 heteroatoms. The minimum absolute atomic E-state index is 0.00816. The SMILES string of the molecule is C[C@H]1C(=O)N2CCC[C@@H]2CN1C(=O)c1cc2n(n1)CCNC2=O. The van der Waals surface area contributed by atoms with E-state index in [2.05, 4.69) is 10.4 Å². The van der Waals surface area contributed by atoms with Crippen molar-refractivity contribution in [2.24, 2.45) is 0 Å². The third-order valence-corrected chi connectivity index (χ3v) is 4.99. The van der Waals surface area contributed by atoms with Gasteiger partial charge in [0, 0.05) is 31.7 Å². The molecular formula is C15H19N5O3. The van der Waals surface area contributed by atoms with E-state index in [-0.39, 0.29) is 29.5 Å². The molecule has 2 fully saturated rings. The lowest BCUT2D eigenvalue weighted by Crippen LogP contribution is -2.60. The van der Waals surface area contributed by atoms with Crippen molar-refractivity contribution in [3.05, 3.63) is 17.5 Å². The molecule has 4 heterocycles. The lowest BCUT2D eigenvalue weighted by molar-refractivity contribution is -0.141. The molecule has 4 rings (SSSR count). The molecule has 1 aromatic rings. The van der Waals surface area contributed by atoms with Crippen molar-refractivity contribution in [2.45, 2.75) is 38.4 Å². The third-order valence-electron chi connectivity index (χ3n) is 4.99. The van der Waals surface area contributed by atoms with Gasteiger partial charge in [-0.3, -0.25) is 19.1 Å². The standard InChI is InChI=1S/C15H19N5O3/c1-9-14(22)18-5-2-3-10(18)8-19(9)15(23)11-7-12-13(21)16-4-6-20(12)17-11/h7,9-10H,2-6,8H2,1H3,(H,16,21)/t9-,10+/m0/s1. The Labute approximate surface area is 133 Å². The van der Waals surface area contributed by atoms with Crippen molar-refractivity contribution in [3.8, 4) is 0 Å². The van der Waals surface area contributed by atoms with Crippen LogP contribution in [0.25, 0.3) is 0 Å². The van der Waals surface area contributed by atoms with Crippen molar-refractivity contribution < 1.29 is 14.4 Å². The molecule has 2 atom stereocenters. The highest BCUT2D eigenvalue weighted by Gasteiger charge is 2.42. The highest BCUT2D eigenvalue weighted by Crippen LogP contribution is 2.26. The Balaban J connectivity index is 1.61. The van der Waals surface area contributed by atoms with Gasteiger partial charge in [-0.05, 0) is 19.8 Å². The van der Waals surface area contributed by atoms with Crippen molar-refractivity contribution in [1.82, 2.24) is 24.9 Å². The summed E-state index contributed by atoms with van der Waals surface area (Å²) < 4.78 is 1.56. The number of nitrogens with one attached hydrogen (secondary N) is 1. The summed E-state index contributed by atoms with van der Waals surface area (Å²) in [5, 5.41) is 6.99. The van der Waals surface area contributed by atoms with Crippen molar-refractivity contribution in [2.75, 3.05) is 19.6 Å². The summed E-state index contributed by atoms with van der Waals surface area (Å²) >= 11 is 0. The number of nitrogens with zero attached hydrogens (tertiary/aromatic N) is 4. The molecule has 0 radical (unpaired) electrons. The van der Waals surface area contributed by atoms with E-state index in [9.17, 15) is 14.4 Å². The fourth-order valence-electron chi connectivity index (χ4n) is 3.72. The van der Waals surface area contributed by atoms with Crippen LogP contribution in [-0.2, 0) is 11.3 Å². The predicted molar refractivity (Wildman–Crippen MR) is 79.8 cm³/mol. The molecule has 0 unspecified atom stereocenters. The molecule has 2 saturated heterocycles. The molecule has 3 amide bonds. The maximum atomic E-state index is 12.8. The first-order valence-electron chi connectivity index (χ1n) is 8.04. The zero-order valence-corrected chi connectivity index (χ0v) is 13.0. The number of hydrogen-bond donors (Lipinski definition) is 1. The Morgan fingerprint density at radius 1 is 1.35 bits per heavy atom. The zero-order chi connectivity index (χ0) is 16.1. The predicted octanol–water partition coefficient (Wildman–Crippen LogP) is -0.538. The summed E-state index contributed by atoms with van der Waals surface area (Å²) in [7, 11) is 0.